The monoisotopic (exact) mass is 640 g/mol. The van der Waals surface area contributed by atoms with Crippen LogP contribution in [0.2, 0.25) is 0 Å². The maximum Gasteiger partial charge on any atom is 0.251 e. The number of sulfonamides is 1. The van der Waals surface area contributed by atoms with Gasteiger partial charge in [-0.15, -0.1) is 0 Å². The van der Waals surface area contributed by atoms with E-state index in [0.29, 0.717) is 61.4 Å². The van der Waals surface area contributed by atoms with Crippen molar-refractivity contribution in [2.24, 2.45) is 0 Å². The number of carbonyl (C=O) groups is 2. The molecule has 6 rings (SSSR count). The third-order valence-electron chi connectivity index (χ3n) is 8.72. The van der Waals surface area contributed by atoms with Gasteiger partial charge in [-0.25, -0.2) is 8.42 Å². The molecule has 0 atom stereocenters. The van der Waals surface area contributed by atoms with Crippen molar-refractivity contribution >= 4 is 49.8 Å². The molecule has 2 aliphatic heterocycles. The molecule has 11 heteroatoms. The Morgan fingerprint density at radius 1 is 0.891 bits per heavy atom. The maximum atomic E-state index is 13.7. The van der Waals surface area contributed by atoms with Gasteiger partial charge in [-0.1, -0.05) is 42.5 Å². The molecule has 10 nitrogen and oxygen atoms in total. The number of hydrogen-bond acceptors (Lipinski definition) is 7. The lowest BCUT2D eigenvalue weighted by atomic mass is 10.1. The van der Waals surface area contributed by atoms with Gasteiger partial charge in [0.15, 0.2) is 0 Å². The summed E-state index contributed by atoms with van der Waals surface area (Å²) in [6, 6.07) is 22.8. The highest BCUT2D eigenvalue weighted by Crippen LogP contribution is 2.31. The molecule has 0 radical (unpaired) electrons. The summed E-state index contributed by atoms with van der Waals surface area (Å²) in [5.41, 5.74) is 5.13. The van der Waals surface area contributed by atoms with Gasteiger partial charge in [0.2, 0.25) is 15.9 Å². The first-order valence-electron chi connectivity index (χ1n) is 15.9. The largest absolute Gasteiger partial charge is 0.368 e. The second-order valence-corrected chi connectivity index (χ2v) is 13.7. The van der Waals surface area contributed by atoms with Crippen molar-refractivity contribution in [3.8, 4) is 0 Å². The van der Waals surface area contributed by atoms with Crippen LogP contribution in [-0.2, 0) is 20.6 Å². The molecule has 0 bridgehead atoms. The Hall–Kier alpha value is -4.64. The first kappa shape index (κ1) is 31.3. The molecule has 1 aromatic heterocycles. The molecule has 3 heterocycles. The highest BCUT2D eigenvalue weighted by atomic mass is 32.2. The summed E-state index contributed by atoms with van der Waals surface area (Å²) in [5, 5.41) is 3.80. The lowest BCUT2D eigenvalue weighted by molar-refractivity contribution is -0.127. The number of benzene rings is 3. The third-order valence-corrected chi connectivity index (χ3v) is 9.95. The molecule has 0 aliphatic carbocycles. The number of amides is 2. The Balaban J connectivity index is 1.20. The van der Waals surface area contributed by atoms with E-state index in [1.54, 1.807) is 24.4 Å². The Labute approximate surface area is 270 Å². The van der Waals surface area contributed by atoms with Gasteiger partial charge in [-0.2, -0.15) is 0 Å². The molecule has 0 saturated carbocycles. The lowest BCUT2D eigenvalue weighted by Crippen LogP contribution is -2.47. The van der Waals surface area contributed by atoms with E-state index in [9.17, 15) is 18.0 Å². The van der Waals surface area contributed by atoms with E-state index in [1.165, 1.54) is 11.3 Å². The fourth-order valence-corrected chi connectivity index (χ4v) is 7.56. The second kappa shape index (κ2) is 13.8. The van der Waals surface area contributed by atoms with E-state index < -0.39 is 10.0 Å². The molecule has 2 aliphatic rings. The number of hydrogen-bond donors (Lipinski definition) is 2. The summed E-state index contributed by atoms with van der Waals surface area (Å²) in [6.07, 6.45) is 3.79. The van der Waals surface area contributed by atoms with Gasteiger partial charge in [0, 0.05) is 75.1 Å². The number of piperazine rings is 1. The molecule has 46 heavy (non-hydrogen) atoms. The number of pyridine rings is 1. The minimum absolute atomic E-state index is 0.165. The molecule has 3 aromatic carbocycles. The summed E-state index contributed by atoms with van der Waals surface area (Å²) in [6.45, 7) is 6.84. The zero-order valence-electron chi connectivity index (χ0n) is 26.1. The Morgan fingerprint density at radius 2 is 1.65 bits per heavy atom. The molecule has 0 unspecified atom stereocenters. The minimum atomic E-state index is -3.87. The number of anilines is 3. The zero-order chi connectivity index (χ0) is 32.1. The molecule has 0 spiro atoms. The number of likely N-dealkylation sites (tertiary alicyclic amines) is 1. The minimum Gasteiger partial charge on any atom is -0.368 e. The number of rotatable bonds is 11. The van der Waals surface area contributed by atoms with Crippen LogP contribution in [0.15, 0.2) is 79.0 Å². The summed E-state index contributed by atoms with van der Waals surface area (Å²) in [4.78, 5) is 35.8. The molecule has 240 valence electrons. The van der Waals surface area contributed by atoms with Gasteiger partial charge >= 0.3 is 0 Å². The molecule has 2 fully saturated rings. The number of nitrogens with one attached hydrogen (secondary N) is 2. The van der Waals surface area contributed by atoms with Crippen molar-refractivity contribution in [2.75, 3.05) is 60.3 Å². The normalized spacial score (nSPS) is 15.4. The van der Waals surface area contributed by atoms with Crippen LogP contribution in [0.4, 0.5) is 17.1 Å². The van der Waals surface area contributed by atoms with Gasteiger partial charge in [-0.05, 0) is 61.2 Å². The van der Waals surface area contributed by atoms with Gasteiger partial charge in [-0.3, -0.25) is 19.3 Å². The van der Waals surface area contributed by atoms with E-state index in [2.05, 4.69) is 43.9 Å². The van der Waals surface area contributed by atoms with Crippen LogP contribution >= 0.6 is 0 Å². The Morgan fingerprint density at radius 3 is 2.41 bits per heavy atom. The number of aromatic nitrogens is 1. The SMILES string of the molecule is Cc1ccccc1N1CCN(c2ccc(C(=O)NCCCN3CCCC3=O)cc2NS(=O)(=O)Cc2cccc3cccnc23)CC1. The van der Waals surface area contributed by atoms with Crippen molar-refractivity contribution in [1.82, 2.24) is 15.2 Å². The number of carbonyl (C=O) groups excluding carboxylic acids is 2. The van der Waals surface area contributed by atoms with Crippen molar-refractivity contribution in [2.45, 2.75) is 31.9 Å². The maximum absolute atomic E-state index is 13.7. The topological polar surface area (TPSA) is 115 Å². The fraction of sp³-hybridized carbons (Fsp3) is 0.343. The molecule has 4 aromatic rings. The molecular formula is C35H40N6O4S. The summed E-state index contributed by atoms with van der Waals surface area (Å²) in [7, 11) is -3.87. The highest BCUT2D eigenvalue weighted by Gasteiger charge is 2.24. The average molecular weight is 641 g/mol. The number of para-hydroxylation sites is 2. The first-order chi connectivity index (χ1) is 22.3. The van der Waals surface area contributed by atoms with Crippen LogP contribution < -0.4 is 19.8 Å². The smallest absolute Gasteiger partial charge is 0.251 e. The summed E-state index contributed by atoms with van der Waals surface area (Å²) in [5.74, 6) is -0.381. The third kappa shape index (κ3) is 7.25. The van der Waals surface area contributed by atoms with Gasteiger partial charge in [0.25, 0.3) is 5.91 Å². The van der Waals surface area contributed by atoms with Crippen molar-refractivity contribution < 1.29 is 18.0 Å². The van der Waals surface area contributed by atoms with Crippen LogP contribution in [-0.4, -0.2) is 75.9 Å². The van der Waals surface area contributed by atoms with Gasteiger partial charge in [0.1, 0.15) is 0 Å². The standard InChI is InChI=1S/C35H40N6O4S/c1-26-8-2-3-12-31(26)39-20-22-40(23-21-39)32-15-14-28(35(43)37-17-7-19-41-18-6-13-33(41)42)24-30(32)38-46(44,45)25-29-10-4-9-27-11-5-16-36-34(27)29/h2-5,8-12,14-16,24,38H,6-7,13,17-23,25H2,1H3,(H,37,43). The molecule has 2 amide bonds. The Kier molecular flexibility index (Phi) is 9.39. The van der Waals surface area contributed by atoms with Crippen molar-refractivity contribution in [1.29, 1.82) is 0 Å². The molecular weight excluding hydrogens is 600 g/mol. The zero-order valence-corrected chi connectivity index (χ0v) is 26.9. The van der Waals surface area contributed by atoms with Crippen LogP contribution in [0.25, 0.3) is 10.9 Å². The Bertz CT molecular complexity index is 1830. The summed E-state index contributed by atoms with van der Waals surface area (Å²) < 4.78 is 30.2. The van der Waals surface area contributed by atoms with Crippen LogP contribution in [0, 0.1) is 6.92 Å². The van der Waals surface area contributed by atoms with Crippen LogP contribution in [0.1, 0.15) is 40.7 Å². The van der Waals surface area contributed by atoms with E-state index in [4.69, 9.17) is 0 Å². The van der Waals surface area contributed by atoms with E-state index in [0.717, 1.165) is 37.1 Å². The van der Waals surface area contributed by atoms with Crippen molar-refractivity contribution in [3.05, 3.63) is 95.7 Å². The van der Waals surface area contributed by atoms with Crippen LogP contribution in [0.5, 0.6) is 0 Å². The van der Waals surface area contributed by atoms with E-state index >= 15 is 0 Å². The molecule has 2 N–H and O–H groups in total. The van der Waals surface area contributed by atoms with Crippen molar-refractivity contribution in [3.63, 3.8) is 0 Å². The van der Waals surface area contributed by atoms with Gasteiger partial charge in [0.05, 0.1) is 22.6 Å². The van der Waals surface area contributed by atoms with E-state index in [1.807, 2.05) is 47.4 Å². The van der Waals surface area contributed by atoms with E-state index in [-0.39, 0.29) is 17.6 Å². The number of nitrogens with zero attached hydrogens (tertiary/aromatic N) is 4. The second-order valence-electron chi connectivity index (χ2n) is 11.9. The predicted molar refractivity (Wildman–Crippen MR) is 183 cm³/mol. The lowest BCUT2D eigenvalue weighted by Gasteiger charge is -2.38. The number of fused-ring (bicyclic) bond motifs is 1. The summed E-state index contributed by atoms with van der Waals surface area (Å²) >= 11 is 0. The number of aryl methyl sites for hydroxylation is 1. The van der Waals surface area contributed by atoms with Gasteiger partial charge < -0.3 is 20.0 Å². The quantitative estimate of drug-likeness (QED) is 0.231. The average Bonchev–Trinajstić information content (AvgIpc) is 3.47. The predicted octanol–water partition coefficient (Wildman–Crippen LogP) is 4.55. The first-order valence-corrected chi connectivity index (χ1v) is 17.5. The van der Waals surface area contributed by atoms with Crippen LogP contribution in [0.3, 0.4) is 0 Å². The highest BCUT2D eigenvalue weighted by molar-refractivity contribution is 7.92. The fourth-order valence-electron chi connectivity index (χ4n) is 6.35. The molecule has 2 saturated heterocycles.